The number of urea groups is 1. The van der Waals surface area contributed by atoms with Gasteiger partial charge in [0.15, 0.2) is 5.96 Å². The van der Waals surface area contributed by atoms with E-state index in [1.165, 1.54) is 6.92 Å². The third-order valence-corrected chi connectivity index (χ3v) is 2.26. The number of aryl methyl sites for hydroxylation is 1. The van der Waals surface area contributed by atoms with E-state index in [1.807, 2.05) is 0 Å². The minimum absolute atomic E-state index is 0.0334. The zero-order valence-electron chi connectivity index (χ0n) is 10.1. The van der Waals surface area contributed by atoms with Crippen LogP contribution in [-0.2, 0) is 0 Å². The molecule has 0 fully saturated rings. The molecule has 4 N–H and O–H groups in total. The van der Waals surface area contributed by atoms with Crippen LogP contribution in [0, 0.1) is 18.6 Å². The minimum atomic E-state index is -0.839. The number of carbonyl (C=O) groups excluding carboxylic acids is 1. The van der Waals surface area contributed by atoms with Crippen LogP contribution in [0.2, 0.25) is 0 Å². The first-order chi connectivity index (χ1) is 8.36. The maximum Gasteiger partial charge on any atom is 0.351 e. The molecule has 2 amide bonds. The van der Waals surface area contributed by atoms with Crippen molar-refractivity contribution in [3.05, 3.63) is 29.3 Å². The molecule has 0 spiro atoms. The predicted molar refractivity (Wildman–Crippen MR) is 65.3 cm³/mol. The maximum absolute atomic E-state index is 13.7. The van der Waals surface area contributed by atoms with Crippen molar-refractivity contribution in [2.24, 2.45) is 16.5 Å². The van der Waals surface area contributed by atoms with Gasteiger partial charge in [0.2, 0.25) is 0 Å². The van der Waals surface area contributed by atoms with Crippen molar-refractivity contribution in [1.29, 1.82) is 0 Å². The third-order valence-electron chi connectivity index (χ3n) is 2.26. The molecule has 7 heteroatoms. The quantitative estimate of drug-likeness (QED) is 0.621. The molecule has 1 aromatic carbocycles. The lowest BCUT2D eigenvalue weighted by Crippen LogP contribution is -2.33. The van der Waals surface area contributed by atoms with Gasteiger partial charge in [-0.15, -0.1) is 0 Å². The lowest BCUT2D eigenvalue weighted by molar-refractivity contribution is 0.254. The summed E-state index contributed by atoms with van der Waals surface area (Å²) in [5.41, 5.74) is 10.4. The van der Waals surface area contributed by atoms with Crippen molar-refractivity contribution in [2.75, 3.05) is 11.4 Å². The van der Waals surface area contributed by atoms with Crippen LogP contribution in [0.3, 0.4) is 0 Å². The molecule has 0 unspecified atom stereocenters. The third kappa shape index (κ3) is 2.93. The number of carbonyl (C=O) groups is 1. The molecular weight excluding hydrogens is 242 g/mol. The van der Waals surface area contributed by atoms with E-state index in [0.717, 1.165) is 11.0 Å². The average molecular weight is 256 g/mol. The second-order valence-electron chi connectivity index (χ2n) is 3.62. The van der Waals surface area contributed by atoms with Gasteiger partial charge >= 0.3 is 6.03 Å². The standard InChI is InChI=1S/C11H14F2N4O/c1-3-17(11(18)16-10(14)15)9-6(2)4-7(12)5-8(9)13/h4-5H,3H2,1-2H3,(H4,14,15,16,18). The summed E-state index contributed by atoms with van der Waals surface area (Å²) < 4.78 is 26.7. The number of halogens is 2. The molecule has 0 heterocycles. The molecule has 0 aliphatic rings. The second kappa shape index (κ2) is 5.44. The summed E-state index contributed by atoms with van der Waals surface area (Å²) >= 11 is 0. The van der Waals surface area contributed by atoms with Crippen LogP contribution in [0.4, 0.5) is 19.3 Å². The zero-order chi connectivity index (χ0) is 13.9. The highest BCUT2D eigenvalue weighted by molar-refractivity contribution is 6.00. The van der Waals surface area contributed by atoms with Gasteiger partial charge in [0.25, 0.3) is 0 Å². The van der Waals surface area contributed by atoms with E-state index in [0.29, 0.717) is 6.07 Å². The number of nitrogens with two attached hydrogens (primary N) is 2. The van der Waals surface area contributed by atoms with Crippen molar-refractivity contribution in [3.8, 4) is 0 Å². The van der Waals surface area contributed by atoms with Crippen LogP contribution in [0.5, 0.6) is 0 Å². The Bertz CT molecular complexity index is 475. The predicted octanol–water partition coefficient (Wildman–Crippen LogP) is 1.49. The second-order valence-corrected chi connectivity index (χ2v) is 3.62. The topological polar surface area (TPSA) is 84.7 Å². The monoisotopic (exact) mass is 256 g/mol. The van der Waals surface area contributed by atoms with E-state index >= 15 is 0 Å². The summed E-state index contributed by atoms with van der Waals surface area (Å²) in [7, 11) is 0. The van der Waals surface area contributed by atoms with Gasteiger partial charge in [-0.25, -0.2) is 13.6 Å². The highest BCUT2D eigenvalue weighted by Gasteiger charge is 2.20. The molecule has 18 heavy (non-hydrogen) atoms. The molecule has 0 aliphatic heterocycles. The van der Waals surface area contributed by atoms with E-state index in [1.54, 1.807) is 6.92 Å². The minimum Gasteiger partial charge on any atom is -0.370 e. The molecule has 0 aromatic heterocycles. The molecule has 5 nitrogen and oxygen atoms in total. The van der Waals surface area contributed by atoms with Crippen LogP contribution in [0.1, 0.15) is 12.5 Å². The Labute approximate surface area is 103 Å². The molecule has 0 radical (unpaired) electrons. The Hall–Kier alpha value is -2.18. The maximum atomic E-state index is 13.7. The highest BCUT2D eigenvalue weighted by atomic mass is 19.1. The summed E-state index contributed by atoms with van der Waals surface area (Å²) in [4.78, 5) is 16.1. The van der Waals surface area contributed by atoms with Gasteiger partial charge in [-0.3, -0.25) is 4.90 Å². The van der Waals surface area contributed by atoms with Crippen LogP contribution < -0.4 is 16.4 Å². The number of benzene rings is 1. The molecule has 1 rings (SSSR count). The molecule has 0 saturated carbocycles. The first-order valence-corrected chi connectivity index (χ1v) is 5.23. The van der Waals surface area contributed by atoms with Crippen molar-refractivity contribution in [1.82, 2.24) is 0 Å². The SMILES string of the molecule is CCN(C(=O)N=C(N)N)c1c(C)cc(F)cc1F. The average Bonchev–Trinajstić information content (AvgIpc) is 2.21. The van der Waals surface area contributed by atoms with Gasteiger partial charge in [0, 0.05) is 12.6 Å². The zero-order valence-corrected chi connectivity index (χ0v) is 10.1. The van der Waals surface area contributed by atoms with Gasteiger partial charge in [-0.05, 0) is 25.5 Å². The molecule has 0 saturated heterocycles. The largest absolute Gasteiger partial charge is 0.370 e. The smallest absolute Gasteiger partial charge is 0.351 e. The molecule has 0 bridgehead atoms. The van der Waals surface area contributed by atoms with Crippen LogP contribution in [0.15, 0.2) is 17.1 Å². The van der Waals surface area contributed by atoms with Gasteiger partial charge in [-0.2, -0.15) is 4.99 Å². The van der Waals surface area contributed by atoms with Crippen molar-refractivity contribution in [2.45, 2.75) is 13.8 Å². The fourth-order valence-corrected chi connectivity index (χ4v) is 1.60. The Morgan fingerprint density at radius 3 is 2.44 bits per heavy atom. The fraction of sp³-hybridized carbons (Fsp3) is 0.273. The number of guanidine groups is 1. The molecule has 0 aliphatic carbocycles. The first-order valence-electron chi connectivity index (χ1n) is 5.23. The van der Waals surface area contributed by atoms with E-state index in [2.05, 4.69) is 4.99 Å². The van der Waals surface area contributed by atoms with Gasteiger partial charge in [0.05, 0.1) is 5.69 Å². The highest BCUT2D eigenvalue weighted by Crippen LogP contribution is 2.25. The summed E-state index contributed by atoms with van der Waals surface area (Å²) in [5.74, 6) is -1.97. The van der Waals surface area contributed by atoms with Crippen LogP contribution in [0.25, 0.3) is 0 Å². The summed E-state index contributed by atoms with van der Waals surface area (Å²) in [6.45, 7) is 3.27. The number of aliphatic imine (C=N–C) groups is 1. The Morgan fingerprint density at radius 2 is 2.00 bits per heavy atom. The van der Waals surface area contributed by atoms with E-state index in [-0.39, 0.29) is 17.8 Å². The number of nitrogens with zero attached hydrogens (tertiary/aromatic N) is 2. The van der Waals surface area contributed by atoms with Crippen molar-refractivity contribution >= 4 is 17.7 Å². The van der Waals surface area contributed by atoms with E-state index in [9.17, 15) is 13.6 Å². The number of hydrogen-bond acceptors (Lipinski definition) is 1. The molecule has 98 valence electrons. The van der Waals surface area contributed by atoms with Gasteiger partial charge in [-0.1, -0.05) is 0 Å². The van der Waals surface area contributed by atoms with Crippen LogP contribution >= 0.6 is 0 Å². The summed E-state index contributed by atoms with van der Waals surface area (Å²) in [5, 5.41) is 0. The molecular formula is C11H14F2N4O. The van der Waals surface area contributed by atoms with Crippen LogP contribution in [-0.4, -0.2) is 18.5 Å². The number of rotatable bonds is 2. The summed E-state index contributed by atoms with van der Waals surface area (Å²) in [6, 6.07) is 1.03. The molecule has 1 aromatic rings. The van der Waals surface area contributed by atoms with Crippen molar-refractivity contribution in [3.63, 3.8) is 0 Å². The number of anilines is 1. The van der Waals surface area contributed by atoms with Gasteiger partial charge < -0.3 is 11.5 Å². The Balaban J connectivity index is 3.26. The van der Waals surface area contributed by atoms with E-state index < -0.39 is 23.6 Å². The number of hydrogen-bond donors (Lipinski definition) is 2. The fourth-order valence-electron chi connectivity index (χ4n) is 1.60. The normalized spacial score (nSPS) is 10.0. The Kier molecular flexibility index (Phi) is 4.19. The van der Waals surface area contributed by atoms with Gasteiger partial charge in [0.1, 0.15) is 11.6 Å². The number of amides is 2. The van der Waals surface area contributed by atoms with E-state index in [4.69, 9.17) is 11.5 Å². The Morgan fingerprint density at radius 1 is 1.39 bits per heavy atom. The first kappa shape index (κ1) is 13.9. The van der Waals surface area contributed by atoms with Crippen molar-refractivity contribution < 1.29 is 13.6 Å². The molecule has 0 atom stereocenters. The summed E-state index contributed by atoms with van der Waals surface area (Å²) in [6.07, 6.45) is 0. The lowest BCUT2D eigenvalue weighted by atomic mass is 10.1. The lowest BCUT2D eigenvalue weighted by Gasteiger charge is -2.21.